The van der Waals surface area contributed by atoms with Crippen LogP contribution in [-0.2, 0) is 11.3 Å². The van der Waals surface area contributed by atoms with Crippen LogP contribution in [-0.4, -0.2) is 68.6 Å². The van der Waals surface area contributed by atoms with Gasteiger partial charge in [0, 0.05) is 39.0 Å². The molecule has 0 atom stereocenters. The molecule has 0 saturated carbocycles. The molecule has 2 aromatic rings. The van der Waals surface area contributed by atoms with Crippen LogP contribution in [0, 0.1) is 6.92 Å². The maximum atomic E-state index is 13.4. The van der Waals surface area contributed by atoms with Gasteiger partial charge in [-0.15, -0.1) is 0 Å². The number of aromatic nitrogens is 2. The zero-order chi connectivity index (χ0) is 21.1. The number of hydrogen-bond acceptors (Lipinski definition) is 6. The van der Waals surface area contributed by atoms with Crippen LogP contribution in [0.2, 0.25) is 0 Å². The van der Waals surface area contributed by atoms with Gasteiger partial charge in [0.05, 0.1) is 11.9 Å². The quantitative estimate of drug-likeness (QED) is 0.734. The molecule has 158 valence electrons. The van der Waals surface area contributed by atoms with E-state index in [-0.39, 0.29) is 25.1 Å². The Bertz CT molecular complexity index is 912. The van der Waals surface area contributed by atoms with Gasteiger partial charge in [0.15, 0.2) is 0 Å². The maximum absolute atomic E-state index is 13.4. The fourth-order valence-electron chi connectivity index (χ4n) is 4.39. The Kier molecular flexibility index (Phi) is 5.67. The topological polar surface area (TPSA) is 89.9 Å². The summed E-state index contributed by atoms with van der Waals surface area (Å²) in [5.41, 5.74) is 0.991. The molecule has 2 aliphatic rings. The standard InChI is InChI=1S/C22H27N5O3/c1-17-14-23-15-19(24-17)25-11-8-22(9-12-25)20(29)26(10-5-13-28)21(30)27(22)16-18-6-3-2-4-7-18/h2-4,6-7,14-15,28H,5,8-13,16H2,1H3. The molecule has 0 bridgehead atoms. The third kappa shape index (κ3) is 3.63. The summed E-state index contributed by atoms with van der Waals surface area (Å²) in [6.07, 6.45) is 4.92. The molecule has 2 saturated heterocycles. The lowest BCUT2D eigenvalue weighted by Crippen LogP contribution is -2.56. The van der Waals surface area contributed by atoms with Gasteiger partial charge in [-0.3, -0.25) is 14.7 Å². The van der Waals surface area contributed by atoms with Crippen molar-refractivity contribution in [3.05, 3.63) is 54.0 Å². The van der Waals surface area contributed by atoms with Crippen LogP contribution in [0.4, 0.5) is 10.6 Å². The molecular weight excluding hydrogens is 382 g/mol. The summed E-state index contributed by atoms with van der Waals surface area (Å²) in [4.78, 5) is 40.6. The highest BCUT2D eigenvalue weighted by Crippen LogP contribution is 2.39. The van der Waals surface area contributed by atoms with E-state index in [9.17, 15) is 14.7 Å². The number of urea groups is 1. The van der Waals surface area contributed by atoms with Gasteiger partial charge in [-0.05, 0) is 31.7 Å². The number of anilines is 1. The summed E-state index contributed by atoms with van der Waals surface area (Å²) in [6, 6.07) is 9.49. The van der Waals surface area contributed by atoms with Crippen LogP contribution in [0.25, 0.3) is 0 Å². The van der Waals surface area contributed by atoms with E-state index in [2.05, 4.69) is 14.9 Å². The van der Waals surface area contributed by atoms with E-state index in [4.69, 9.17) is 0 Å². The predicted molar refractivity (Wildman–Crippen MR) is 112 cm³/mol. The van der Waals surface area contributed by atoms with Gasteiger partial charge in [0.2, 0.25) is 0 Å². The number of nitrogens with zero attached hydrogens (tertiary/aromatic N) is 5. The van der Waals surface area contributed by atoms with E-state index in [1.165, 1.54) is 4.90 Å². The lowest BCUT2D eigenvalue weighted by molar-refractivity contribution is -0.134. The Labute approximate surface area is 176 Å². The van der Waals surface area contributed by atoms with Crippen molar-refractivity contribution in [1.82, 2.24) is 19.8 Å². The maximum Gasteiger partial charge on any atom is 0.327 e. The Balaban J connectivity index is 1.59. The Hall–Kier alpha value is -3.00. The van der Waals surface area contributed by atoms with E-state index in [0.717, 1.165) is 17.1 Å². The van der Waals surface area contributed by atoms with Gasteiger partial charge in [-0.25, -0.2) is 9.78 Å². The van der Waals surface area contributed by atoms with E-state index in [1.807, 2.05) is 37.3 Å². The highest BCUT2D eigenvalue weighted by Gasteiger charge is 2.57. The van der Waals surface area contributed by atoms with Crippen LogP contribution in [0.3, 0.4) is 0 Å². The zero-order valence-electron chi connectivity index (χ0n) is 17.2. The molecule has 8 heteroatoms. The average Bonchev–Trinajstić information content (AvgIpc) is 2.95. The summed E-state index contributed by atoms with van der Waals surface area (Å²) >= 11 is 0. The summed E-state index contributed by atoms with van der Waals surface area (Å²) in [5, 5.41) is 9.20. The second-order valence-corrected chi connectivity index (χ2v) is 7.93. The molecule has 1 spiro atoms. The fraction of sp³-hybridized carbons (Fsp3) is 0.455. The molecule has 8 nitrogen and oxygen atoms in total. The Morgan fingerprint density at radius 3 is 2.50 bits per heavy atom. The number of amides is 3. The molecule has 2 fully saturated rings. The van der Waals surface area contributed by atoms with Crippen molar-refractivity contribution in [2.24, 2.45) is 0 Å². The van der Waals surface area contributed by atoms with Crippen LogP contribution >= 0.6 is 0 Å². The van der Waals surface area contributed by atoms with Crippen LogP contribution < -0.4 is 4.90 Å². The summed E-state index contributed by atoms with van der Waals surface area (Å²) < 4.78 is 0. The number of carbonyl (C=O) groups excluding carboxylic acids is 2. The molecular formula is C22H27N5O3. The Morgan fingerprint density at radius 1 is 1.10 bits per heavy atom. The molecule has 1 aromatic heterocycles. The third-order valence-electron chi connectivity index (χ3n) is 6.00. The van der Waals surface area contributed by atoms with Crippen molar-refractivity contribution >= 4 is 17.8 Å². The van der Waals surface area contributed by atoms with E-state index >= 15 is 0 Å². The number of piperidine rings is 1. The van der Waals surface area contributed by atoms with Gasteiger partial charge in [0.25, 0.3) is 5.91 Å². The average molecular weight is 409 g/mol. The molecule has 0 unspecified atom stereocenters. The number of imide groups is 1. The molecule has 0 radical (unpaired) electrons. The number of aliphatic hydroxyl groups is 1. The van der Waals surface area contributed by atoms with Crippen LogP contribution in [0.15, 0.2) is 42.7 Å². The van der Waals surface area contributed by atoms with Gasteiger partial charge in [-0.2, -0.15) is 0 Å². The number of hydrogen-bond donors (Lipinski definition) is 1. The highest BCUT2D eigenvalue weighted by molar-refractivity contribution is 6.07. The highest BCUT2D eigenvalue weighted by atomic mass is 16.3. The van der Waals surface area contributed by atoms with Gasteiger partial charge in [-0.1, -0.05) is 30.3 Å². The number of aliphatic hydroxyl groups excluding tert-OH is 1. The first-order valence-corrected chi connectivity index (χ1v) is 10.4. The van der Waals surface area contributed by atoms with Crippen molar-refractivity contribution in [3.63, 3.8) is 0 Å². The second-order valence-electron chi connectivity index (χ2n) is 7.93. The third-order valence-corrected chi connectivity index (χ3v) is 6.00. The largest absolute Gasteiger partial charge is 0.396 e. The fourth-order valence-corrected chi connectivity index (χ4v) is 4.39. The summed E-state index contributed by atoms with van der Waals surface area (Å²) in [5.74, 6) is 0.653. The molecule has 4 rings (SSSR count). The SMILES string of the molecule is Cc1cncc(N2CCC3(CC2)C(=O)N(CCCO)C(=O)N3Cc2ccccc2)n1. The number of aryl methyl sites for hydroxylation is 1. The minimum Gasteiger partial charge on any atom is -0.396 e. The summed E-state index contributed by atoms with van der Waals surface area (Å²) in [7, 11) is 0. The monoisotopic (exact) mass is 409 g/mol. The van der Waals surface area contributed by atoms with Crippen LogP contribution in [0.5, 0.6) is 0 Å². The first kappa shape index (κ1) is 20.3. The first-order valence-electron chi connectivity index (χ1n) is 10.4. The molecule has 1 aromatic carbocycles. The minimum absolute atomic E-state index is 0.0530. The molecule has 2 aliphatic heterocycles. The van der Waals surface area contributed by atoms with Crippen molar-refractivity contribution in [2.45, 2.75) is 38.3 Å². The van der Waals surface area contributed by atoms with Crippen molar-refractivity contribution in [1.29, 1.82) is 0 Å². The molecule has 0 aliphatic carbocycles. The van der Waals surface area contributed by atoms with E-state index in [1.54, 1.807) is 17.3 Å². The van der Waals surface area contributed by atoms with E-state index in [0.29, 0.717) is 38.9 Å². The Morgan fingerprint density at radius 2 is 1.83 bits per heavy atom. The second kappa shape index (κ2) is 8.39. The van der Waals surface area contributed by atoms with Crippen molar-refractivity contribution in [2.75, 3.05) is 31.1 Å². The van der Waals surface area contributed by atoms with Gasteiger partial charge in [0.1, 0.15) is 11.4 Å². The van der Waals surface area contributed by atoms with Gasteiger partial charge >= 0.3 is 6.03 Å². The number of rotatable bonds is 6. The smallest absolute Gasteiger partial charge is 0.327 e. The minimum atomic E-state index is -0.851. The lowest BCUT2D eigenvalue weighted by atomic mass is 9.85. The normalized spacial score (nSPS) is 18.5. The molecule has 30 heavy (non-hydrogen) atoms. The van der Waals surface area contributed by atoms with Gasteiger partial charge < -0.3 is 14.9 Å². The molecule has 1 N–H and O–H groups in total. The summed E-state index contributed by atoms with van der Waals surface area (Å²) in [6.45, 7) is 3.73. The van der Waals surface area contributed by atoms with Crippen molar-refractivity contribution in [3.8, 4) is 0 Å². The van der Waals surface area contributed by atoms with Crippen LogP contribution in [0.1, 0.15) is 30.5 Å². The zero-order valence-corrected chi connectivity index (χ0v) is 17.2. The first-order chi connectivity index (χ1) is 14.5. The lowest BCUT2D eigenvalue weighted by Gasteiger charge is -2.42. The number of carbonyl (C=O) groups is 2. The number of benzene rings is 1. The van der Waals surface area contributed by atoms with Crippen molar-refractivity contribution < 1.29 is 14.7 Å². The molecule has 3 amide bonds. The predicted octanol–water partition coefficient (Wildman–Crippen LogP) is 1.97. The van der Waals surface area contributed by atoms with E-state index < -0.39 is 5.54 Å². The molecule has 3 heterocycles.